The lowest BCUT2D eigenvalue weighted by Crippen LogP contribution is -2.11. The monoisotopic (exact) mass is 182 g/mol. The number of ether oxygens (including phenoxy) is 1. The molecular weight excluding hydrogens is 168 g/mol. The molecule has 2 atom stereocenters. The molecule has 0 rings (SSSR count). The first kappa shape index (κ1) is 11.7. The Balaban J connectivity index is 3.91. The van der Waals surface area contributed by atoms with Crippen molar-refractivity contribution in [1.82, 2.24) is 0 Å². The van der Waals surface area contributed by atoms with E-state index in [1.165, 1.54) is 0 Å². The Labute approximate surface area is 78.4 Å². The fourth-order valence-corrected chi connectivity index (χ4v) is 0.657. The minimum Gasteiger partial charge on any atom is -0.449 e. The highest BCUT2D eigenvalue weighted by Gasteiger charge is 2.02. The van der Waals surface area contributed by atoms with Crippen LogP contribution in [0.15, 0.2) is 12.2 Å². The summed E-state index contributed by atoms with van der Waals surface area (Å²) in [6.07, 6.45) is 2.28. The summed E-state index contributed by atoms with van der Waals surface area (Å²) in [4.78, 5) is 10.8. The molecule has 72 valence electrons. The van der Waals surface area contributed by atoms with Gasteiger partial charge in [0.2, 0.25) is 0 Å². The van der Waals surface area contributed by atoms with Gasteiger partial charge >= 0.3 is 5.97 Å². The minimum absolute atomic E-state index is 0.358. The number of esters is 1. The molecule has 0 heterocycles. The van der Waals surface area contributed by atoms with Crippen LogP contribution in [-0.2, 0) is 9.53 Å². The van der Waals surface area contributed by atoms with E-state index in [0.717, 1.165) is 0 Å². The molecule has 0 unspecified atom stereocenters. The molecule has 0 aromatic carbocycles. The van der Waals surface area contributed by atoms with Gasteiger partial charge in [-0.3, -0.25) is 0 Å². The number of hydrogen-bond donors (Lipinski definition) is 1. The molecule has 0 aromatic rings. The van der Waals surface area contributed by atoms with Crippen LogP contribution in [0.25, 0.3) is 0 Å². The lowest BCUT2D eigenvalue weighted by Gasteiger charge is -2.05. The molecule has 0 saturated carbocycles. The first-order valence-corrected chi connectivity index (χ1v) is 4.06. The Kier molecular flexibility index (Phi) is 5.66. The number of rotatable bonds is 3. The van der Waals surface area contributed by atoms with Gasteiger partial charge in [-0.2, -0.15) is 0 Å². The number of carbonyl (C=O) groups is 1. The number of aliphatic hydroxyl groups excluding tert-OH is 1. The molecule has 0 aliphatic carbocycles. The summed E-state index contributed by atoms with van der Waals surface area (Å²) in [5, 5.41) is 8.88. The number of hydrogen-bond acceptors (Lipinski definition) is 3. The van der Waals surface area contributed by atoms with Gasteiger partial charge in [-0.25, -0.2) is 4.79 Å². The van der Waals surface area contributed by atoms with Crippen LogP contribution in [0.1, 0.15) is 20.8 Å². The Morgan fingerprint density at radius 1 is 1.46 bits per heavy atom. The van der Waals surface area contributed by atoms with E-state index < -0.39 is 12.1 Å². The van der Waals surface area contributed by atoms with E-state index >= 15 is 0 Å². The Bertz CT molecular complexity index is 243. The summed E-state index contributed by atoms with van der Waals surface area (Å²) in [6.45, 7) is 4.89. The lowest BCUT2D eigenvalue weighted by atomic mass is 10.3. The molecule has 0 saturated heterocycles. The number of aliphatic hydroxyl groups is 1. The van der Waals surface area contributed by atoms with Crippen LogP contribution in [0, 0.1) is 11.8 Å². The predicted molar refractivity (Wildman–Crippen MR) is 49.8 cm³/mol. The zero-order valence-electron chi connectivity index (χ0n) is 8.07. The smallest absolute Gasteiger partial charge is 0.384 e. The Morgan fingerprint density at radius 3 is 2.54 bits per heavy atom. The summed E-state index contributed by atoms with van der Waals surface area (Å²) in [6, 6.07) is 0. The molecule has 0 aliphatic heterocycles. The highest BCUT2D eigenvalue weighted by Crippen LogP contribution is 1.95. The van der Waals surface area contributed by atoms with E-state index in [1.54, 1.807) is 32.9 Å². The van der Waals surface area contributed by atoms with Crippen molar-refractivity contribution in [1.29, 1.82) is 0 Å². The summed E-state index contributed by atoms with van der Waals surface area (Å²) in [5.74, 6) is 4.15. The third-order valence-electron chi connectivity index (χ3n) is 1.18. The van der Waals surface area contributed by atoms with Crippen LogP contribution in [-0.4, -0.2) is 23.3 Å². The molecule has 13 heavy (non-hydrogen) atoms. The fourth-order valence-electron chi connectivity index (χ4n) is 0.657. The molecular formula is C10H14O3. The van der Waals surface area contributed by atoms with Crippen molar-refractivity contribution in [2.75, 3.05) is 0 Å². The van der Waals surface area contributed by atoms with Gasteiger partial charge in [0.05, 0.1) is 6.10 Å². The molecule has 3 nitrogen and oxygen atoms in total. The van der Waals surface area contributed by atoms with E-state index in [-0.39, 0.29) is 6.10 Å². The largest absolute Gasteiger partial charge is 0.449 e. The second-order valence-corrected chi connectivity index (χ2v) is 2.61. The molecule has 0 aromatic heterocycles. The van der Waals surface area contributed by atoms with Crippen molar-refractivity contribution >= 4 is 5.97 Å². The van der Waals surface area contributed by atoms with Gasteiger partial charge in [-0.05, 0) is 26.8 Å². The summed E-state index contributed by atoms with van der Waals surface area (Å²) in [5.41, 5.74) is 0. The molecule has 0 bridgehead atoms. The highest BCUT2D eigenvalue weighted by molar-refractivity contribution is 5.88. The maximum Gasteiger partial charge on any atom is 0.384 e. The molecule has 0 fully saturated rings. The zero-order chi connectivity index (χ0) is 10.3. The SMILES string of the molecule is CC#CC(=O)O[C@@H](C)C=C[C@H](C)O. The van der Waals surface area contributed by atoms with Crippen molar-refractivity contribution in [3.05, 3.63) is 12.2 Å². The van der Waals surface area contributed by atoms with Crippen molar-refractivity contribution < 1.29 is 14.6 Å². The van der Waals surface area contributed by atoms with E-state index in [2.05, 4.69) is 11.8 Å². The van der Waals surface area contributed by atoms with Crippen molar-refractivity contribution in [2.45, 2.75) is 33.0 Å². The summed E-state index contributed by atoms with van der Waals surface area (Å²) in [7, 11) is 0. The van der Waals surface area contributed by atoms with Gasteiger partial charge in [0, 0.05) is 5.92 Å². The minimum atomic E-state index is -0.551. The zero-order valence-corrected chi connectivity index (χ0v) is 8.07. The highest BCUT2D eigenvalue weighted by atomic mass is 16.5. The average molecular weight is 182 g/mol. The van der Waals surface area contributed by atoms with E-state index in [0.29, 0.717) is 0 Å². The maximum absolute atomic E-state index is 10.8. The lowest BCUT2D eigenvalue weighted by molar-refractivity contribution is -0.139. The van der Waals surface area contributed by atoms with E-state index in [1.807, 2.05) is 0 Å². The van der Waals surface area contributed by atoms with Crippen LogP contribution in [0.2, 0.25) is 0 Å². The van der Waals surface area contributed by atoms with Crippen LogP contribution < -0.4 is 0 Å². The molecule has 0 aliphatic rings. The van der Waals surface area contributed by atoms with Crippen LogP contribution in [0.5, 0.6) is 0 Å². The Hall–Kier alpha value is -1.27. The van der Waals surface area contributed by atoms with Gasteiger partial charge < -0.3 is 9.84 Å². The summed E-state index contributed by atoms with van der Waals surface area (Å²) >= 11 is 0. The number of carbonyl (C=O) groups excluding carboxylic acids is 1. The van der Waals surface area contributed by atoms with Gasteiger partial charge in [0.25, 0.3) is 0 Å². The molecule has 0 spiro atoms. The average Bonchev–Trinajstić information content (AvgIpc) is 2.01. The van der Waals surface area contributed by atoms with Crippen LogP contribution >= 0.6 is 0 Å². The molecule has 0 amide bonds. The maximum atomic E-state index is 10.8. The first-order chi connectivity index (χ1) is 6.06. The van der Waals surface area contributed by atoms with Crippen molar-refractivity contribution in [2.24, 2.45) is 0 Å². The van der Waals surface area contributed by atoms with Crippen LogP contribution in [0.4, 0.5) is 0 Å². The molecule has 0 radical (unpaired) electrons. The first-order valence-electron chi connectivity index (χ1n) is 4.06. The fraction of sp³-hybridized carbons (Fsp3) is 0.500. The van der Waals surface area contributed by atoms with E-state index in [9.17, 15) is 4.79 Å². The third-order valence-corrected chi connectivity index (χ3v) is 1.18. The standard InChI is InChI=1S/C10H14O3/c1-4-5-10(12)13-9(3)7-6-8(2)11/h6-9,11H,1-3H3/t8-,9-/m0/s1. The van der Waals surface area contributed by atoms with Crippen molar-refractivity contribution in [3.8, 4) is 11.8 Å². The van der Waals surface area contributed by atoms with E-state index in [4.69, 9.17) is 9.84 Å². The van der Waals surface area contributed by atoms with Crippen LogP contribution in [0.3, 0.4) is 0 Å². The van der Waals surface area contributed by atoms with Gasteiger partial charge in [0.1, 0.15) is 6.10 Å². The predicted octanol–water partition coefficient (Wildman–Crippen LogP) is 0.878. The quantitative estimate of drug-likeness (QED) is 0.305. The molecule has 1 N–H and O–H groups in total. The van der Waals surface area contributed by atoms with Gasteiger partial charge in [-0.1, -0.05) is 12.0 Å². The topological polar surface area (TPSA) is 46.5 Å². The second kappa shape index (κ2) is 6.27. The van der Waals surface area contributed by atoms with Crippen molar-refractivity contribution in [3.63, 3.8) is 0 Å². The normalized spacial score (nSPS) is 14.5. The second-order valence-electron chi connectivity index (χ2n) is 2.61. The third kappa shape index (κ3) is 7.10. The summed E-state index contributed by atoms with van der Waals surface area (Å²) < 4.78 is 4.83. The Morgan fingerprint density at radius 2 is 2.08 bits per heavy atom. The molecule has 3 heteroatoms. The van der Waals surface area contributed by atoms with Gasteiger partial charge in [0.15, 0.2) is 0 Å². The van der Waals surface area contributed by atoms with Gasteiger partial charge in [-0.15, -0.1) is 0 Å².